The molecule has 1 unspecified atom stereocenters. The number of hydrogen-bond acceptors (Lipinski definition) is 5. The Balaban J connectivity index is 4.33. The first-order chi connectivity index (χ1) is 9.30. The number of carbonyl (C=O) groups is 2. The normalized spacial score (nSPS) is 12.7. The Morgan fingerprint density at radius 3 is 2.40 bits per heavy atom. The average Bonchev–Trinajstić information content (AvgIpc) is 2.37. The molecular formula is C14H27NO4S. The van der Waals surface area contributed by atoms with Gasteiger partial charge in [0.05, 0.1) is 13.2 Å². The van der Waals surface area contributed by atoms with E-state index in [4.69, 9.17) is 9.47 Å². The standard InChI is InChI=1S/C14H27NO4S/c1-6-8-18-12(16)11(7-9-20-5)15-13(17)19-10-14(2,3)4/h11H,6-10H2,1-5H3,(H,15,17). The lowest BCUT2D eigenvalue weighted by molar-refractivity contribution is -0.146. The molecule has 0 saturated heterocycles. The maximum absolute atomic E-state index is 11.8. The Hall–Kier alpha value is -0.910. The zero-order valence-electron chi connectivity index (χ0n) is 13.2. The van der Waals surface area contributed by atoms with Gasteiger partial charge in [-0.3, -0.25) is 0 Å². The summed E-state index contributed by atoms with van der Waals surface area (Å²) in [4.78, 5) is 23.5. The van der Waals surface area contributed by atoms with Gasteiger partial charge in [0.25, 0.3) is 0 Å². The van der Waals surface area contributed by atoms with E-state index in [2.05, 4.69) is 5.32 Å². The van der Waals surface area contributed by atoms with Gasteiger partial charge in [0.1, 0.15) is 6.04 Å². The predicted octanol–water partition coefficient (Wildman–Crippen LogP) is 2.83. The highest BCUT2D eigenvalue weighted by Crippen LogP contribution is 2.13. The van der Waals surface area contributed by atoms with Crippen molar-refractivity contribution in [3.8, 4) is 0 Å². The molecule has 0 aromatic heterocycles. The molecule has 1 amide bonds. The number of ether oxygens (including phenoxy) is 2. The van der Waals surface area contributed by atoms with Crippen molar-refractivity contribution in [3.63, 3.8) is 0 Å². The van der Waals surface area contributed by atoms with E-state index < -0.39 is 18.1 Å². The second kappa shape index (κ2) is 9.91. The lowest BCUT2D eigenvalue weighted by Gasteiger charge is -2.20. The number of nitrogens with one attached hydrogen (secondary N) is 1. The van der Waals surface area contributed by atoms with Crippen molar-refractivity contribution in [2.24, 2.45) is 5.41 Å². The summed E-state index contributed by atoms with van der Waals surface area (Å²) < 4.78 is 10.2. The van der Waals surface area contributed by atoms with Crippen LogP contribution in [-0.2, 0) is 14.3 Å². The number of carbonyl (C=O) groups excluding carboxylic acids is 2. The number of amides is 1. The van der Waals surface area contributed by atoms with Gasteiger partial charge in [0.2, 0.25) is 0 Å². The lowest BCUT2D eigenvalue weighted by Crippen LogP contribution is -2.43. The zero-order valence-corrected chi connectivity index (χ0v) is 14.0. The van der Waals surface area contributed by atoms with Crippen LogP contribution >= 0.6 is 11.8 Å². The highest BCUT2D eigenvalue weighted by Gasteiger charge is 2.23. The van der Waals surface area contributed by atoms with Crippen LogP contribution in [0.15, 0.2) is 0 Å². The molecule has 0 saturated carbocycles. The molecule has 0 heterocycles. The Bertz CT molecular complexity index is 302. The molecular weight excluding hydrogens is 278 g/mol. The molecule has 6 heteroatoms. The van der Waals surface area contributed by atoms with Gasteiger partial charge in [-0.05, 0) is 30.3 Å². The molecule has 0 radical (unpaired) electrons. The summed E-state index contributed by atoms with van der Waals surface area (Å²) in [6.45, 7) is 8.52. The van der Waals surface area contributed by atoms with Crippen molar-refractivity contribution in [1.82, 2.24) is 5.32 Å². The fourth-order valence-electron chi connectivity index (χ4n) is 1.25. The minimum Gasteiger partial charge on any atom is -0.464 e. The van der Waals surface area contributed by atoms with E-state index in [1.54, 1.807) is 11.8 Å². The summed E-state index contributed by atoms with van der Waals surface area (Å²) in [5.41, 5.74) is -0.102. The summed E-state index contributed by atoms with van der Waals surface area (Å²) >= 11 is 1.62. The van der Waals surface area contributed by atoms with Gasteiger partial charge in [-0.15, -0.1) is 0 Å². The topological polar surface area (TPSA) is 64.6 Å². The molecule has 0 aromatic carbocycles. The number of thioether (sulfide) groups is 1. The summed E-state index contributed by atoms with van der Waals surface area (Å²) in [5.74, 6) is 0.374. The van der Waals surface area contributed by atoms with Crippen molar-refractivity contribution in [1.29, 1.82) is 0 Å². The van der Waals surface area contributed by atoms with E-state index in [0.29, 0.717) is 19.6 Å². The summed E-state index contributed by atoms with van der Waals surface area (Å²) in [5, 5.41) is 2.58. The minimum absolute atomic E-state index is 0.102. The molecule has 0 bridgehead atoms. The van der Waals surface area contributed by atoms with Crippen LogP contribution in [0.25, 0.3) is 0 Å². The second-order valence-corrected chi connectivity index (χ2v) is 6.77. The Kier molecular flexibility index (Phi) is 9.46. The van der Waals surface area contributed by atoms with E-state index in [9.17, 15) is 9.59 Å². The largest absolute Gasteiger partial charge is 0.464 e. The molecule has 0 aliphatic rings. The highest BCUT2D eigenvalue weighted by atomic mass is 32.2. The van der Waals surface area contributed by atoms with Crippen LogP contribution in [0.4, 0.5) is 4.79 Å². The third-order valence-corrected chi connectivity index (χ3v) is 2.92. The summed E-state index contributed by atoms with van der Waals surface area (Å²) in [6.07, 6.45) is 2.68. The van der Waals surface area contributed by atoms with Gasteiger partial charge < -0.3 is 14.8 Å². The monoisotopic (exact) mass is 305 g/mol. The number of rotatable bonds is 8. The predicted molar refractivity (Wildman–Crippen MR) is 82.0 cm³/mol. The molecule has 118 valence electrons. The molecule has 1 N–H and O–H groups in total. The van der Waals surface area contributed by atoms with Crippen LogP contribution in [0.2, 0.25) is 0 Å². The average molecular weight is 305 g/mol. The van der Waals surface area contributed by atoms with Crippen molar-refractivity contribution >= 4 is 23.8 Å². The highest BCUT2D eigenvalue weighted by molar-refractivity contribution is 7.98. The lowest BCUT2D eigenvalue weighted by atomic mass is 9.99. The quantitative estimate of drug-likeness (QED) is 0.699. The van der Waals surface area contributed by atoms with E-state index >= 15 is 0 Å². The summed E-state index contributed by atoms with van der Waals surface area (Å²) in [7, 11) is 0. The van der Waals surface area contributed by atoms with Crippen LogP contribution in [0.1, 0.15) is 40.5 Å². The fraction of sp³-hybridized carbons (Fsp3) is 0.857. The minimum atomic E-state index is -0.638. The van der Waals surface area contributed by atoms with Gasteiger partial charge in [-0.25, -0.2) is 9.59 Å². The Morgan fingerprint density at radius 1 is 1.25 bits per heavy atom. The van der Waals surface area contributed by atoms with E-state index in [0.717, 1.165) is 12.2 Å². The molecule has 0 rings (SSSR count). The zero-order chi connectivity index (χ0) is 15.6. The first kappa shape index (κ1) is 19.1. The molecule has 1 atom stereocenters. The SMILES string of the molecule is CCCOC(=O)C(CCSC)NC(=O)OCC(C)(C)C. The van der Waals surface area contributed by atoms with Crippen LogP contribution in [0.5, 0.6) is 0 Å². The second-order valence-electron chi connectivity index (χ2n) is 5.78. The smallest absolute Gasteiger partial charge is 0.407 e. The van der Waals surface area contributed by atoms with Crippen molar-refractivity contribution in [2.75, 3.05) is 25.2 Å². The van der Waals surface area contributed by atoms with Gasteiger partial charge in [0.15, 0.2) is 0 Å². The number of alkyl carbamates (subject to hydrolysis) is 1. The molecule has 0 aliphatic carbocycles. The summed E-state index contributed by atoms with van der Waals surface area (Å²) in [6, 6.07) is -0.638. The van der Waals surface area contributed by atoms with Crippen molar-refractivity contribution in [3.05, 3.63) is 0 Å². The van der Waals surface area contributed by atoms with Gasteiger partial charge in [0, 0.05) is 0 Å². The number of esters is 1. The molecule has 5 nitrogen and oxygen atoms in total. The fourth-order valence-corrected chi connectivity index (χ4v) is 1.73. The van der Waals surface area contributed by atoms with Crippen molar-refractivity contribution in [2.45, 2.75) is 46.6 Å². The van der Waals surface area contributed by atoms with E-state index in [-0.39, 0.29) is 5.41 Å². The number of hydrogen-bond donors (Lipinski definition) is 1. The maximum atomic E-state index is 11.8. The van der Waals surface area contributed by atoms with Crippen molar-refractivity contribution < 1.29 is 19.1 Å². The van der Waals surface area contributed by atoms with Crippen LogP contribution < -0.4 is 5.32 Å². The van der Waals surface area contributed by atoms with Gasteiger partial charge in [-0.2, -0.15) is 11.8 Å². The third-order valence-electron chi connectivity index (χ3n) is 2.27. The van der Waals surface area contributed by atoms with Gasteiger partial charge in [-0.1, -0.05) is 27.7 Å². The first-order valence-corrected chi connectivity index (χ1v) is 8.28. The molecule has 0 fully saturated rings. The first-order valence-electron chi connectivity index (χ1n) is 6.89. The van der Waals surface area contributed by atoms with E-state index in [1.165, 1.54) is 0 Å². The molecule has 0 aromatic rings. The maximum Gasteiger partial charge on any atom is 0.407 e. The Labute approximate surface area is 126 Å². The third kappa shape index (κ3) is 9.95. The van der Waals surface area contributed by atoms with Crippen LogP contribution in [0.3, 0.4) is 0 Å². The molecule has 0 spiro atoms. The Morgan fingerprint density at radius 2 is 1.90 bits per heavy atom. The van der Waals surface area contributed by atoms with Crippen LogP contribution in [-0.4, -0.2) is 43.3 Å². The molecule has 0 aliphatic heterocycles. The molecule has 20 heavy (non-hydrogen) atoms. The van der Waals surface area contributed by atoms with Crippen LogP contribution in [0, 0.1) is 5.41 Å². The van der Waals surface area contributed by atoms with Gasteiger partial charge >= 0.3 is 12.1 Å². The van der Waals surface area contributed by atoms with E-state index in [1.807, 2.05) is 34.0 Å².